The fourth-order valence-corrected chi connectivity index (χ4v) is 6.13. The Balaban J connectivity index is 1.41. The van der Waals surface area contributed by atoms with Crippen LogP contribution in [0.5, 0.6) is 0 Å². The van der Waals surface area contributed by atoms with Crippen LogP contribution >= 0.6 is 0 Å². The Kier molecular flexibility index (Phi) is 7.64. The van der Waals surface area contributed by atoms with Crippen LogP contribution in [0.15, 0.2) is 86.0 Å². The Morgan fingerprint density at radius 3 is 2.44 bits per heavy atom. The molecular formula is C28H24F4N4O6S. The first kappa shape index (κ1) is 30.0. The van der Waals surface area contributed by atoms with Crippen LogP contribution < -0.4 is 16.6 Å². The molecule has 1 N–H and O–H groups in total. The monoisotopic (exact) mass is 620 g/mol. The topological polar surface area (TPSA) is 124 Å². The molecule has 4 aromatic rings. The minimum absolute atomic E-state index is 0.0571. The number of nitrogens with zero attached hydrogens (tertiary/aromatic N) is 3. The molecule has 15 heteroatoms. The molecule has 0 unspecified atom stereocenters. The number of sulfonamides is 1. The van der Waals surface area contributed by atoms with Crippen molar-refractivity contribution in [3.63, 3.8) is 0 Å². The summed E-state index contributed by atoms with van der Waals surface area (Å²) in [4.78, 5) is 39.4. The Bertz CT molecular complexity index is 1980. The first-order valence-corrected chi connectivity index (χ1v) is 14.3. The first-order valence-electron chi connectivity index (χ1n) is 12.9. The predicted molar refractivity (Wildman–Crippen MR) is 147 cm³/mol. The van der Waals surface area contributed by atoms with Crippen LogP contribution in [0.2, 0.25) is 0 Å². The van der Waals surface area contributed by atoms with E-state index in [0.717, 1.165) is 62.1 Å². The molecule has 226 valence electrons. The van der Waals surface area contributed by atoms with Crippen LogP contribution in [0.3, 0.4) is 0 Å². The number of halogens is 4. The molecule has 2 aromatic heterocycles. The number of aromatic nitrogens is 2. The quantitative estimate of drug-likeness (QED) is 0.248. The smallest absolute Gasteiger partial charge is 0.416 e. The summed E-state index contributed by atoms with van der Waals surface area (Å²) in [6.45, 7) is 2.56. The lowest BCUT2D eigenvalue weighted by atomic mass is 10.2. The van der Waals surface area contributed by atoms with Crippen molar-refractivity contribution in [2.45, 2.75) is 43.7 Å². The minimum Gasteiger partial charge on any atom is -0.443 e. The summed E-state index contributed by atoms with van der Waals surface area (Å²) in [7, 11) is -4.35. The zero-order valence-electron chi connectivity index (χ0n) is 22.6. The van der Waals surface area contributed by atoms with Gasteiger partial charge in [0.1, 0.15) is 17.4 Å². The Hall–Kier alpha value is -4.50. The summed E-state index contributed by atoms with van der Waals surface area (Å²) in [5.41, 5.74) is -2.33. The Morgan fingerprint density at radius 2 is 1.79 bits per heavy atom. The third-order valence-electron chi connectivity index (χ3n) is 6.83. The van der Waals surface area contributed by atoms with Gasteiger partial charge in [0.2, 0.25) is 11.0 Å². The maximum absolute atomic E-state index is 13.6. The minimum atomic E-state index is -4.59. The maximum Gasteiger partial charge on any atom is 0.416 e. The van der Waals surface area contributed by atoms with Crippen LogP contribution in [0.25, 0.3) is 16.7 Å². The normalized spacial score (nSPS) is 15.9. The molecule has 1 aliphatic rings. The number of hydrogen-bond donors (Lipinski definition) is 1. The molecule has 0 bridgehead atoms. The fourth-order valence-electron chi connectivity index (χ4n) is 4.69. The number of rotatable bonds is 7. The molecule has 10 nitrogen and oxygen atoms in total. The fraction of sp³-hybridized carbons (Fsp3) is 0.250. The van der Waals surface area contributed by atoms with Gasteiger partial charge in [-0.15, -0.1) is 0 Å². The van der Waals surface area contributed by atoms with Crippen molar-refractivity contribution >= 4 is 26.9 Å². The summed E-state index contributed by atoms with van der Waals surface area (Å²) >= 11 is 0. The molecular weight excluding hydrogens is 596 g/mol. The lowest BCUT2D eigenvalue weighted by Crippen LogP contribution is -2.47. The average Bonchev–Trinajstić information content (AvgIpc) is 3.60. The van der Waals surface area contributed by atoms with Crippen LogP contribution in [0, 0.1) is 5.82 Å². The molecule has 0 saturated carbocycles. The average molecular weight is 621 g/mol. The molecule has 0 aliphatic carbocycles. The van der Waals surface area contributed by atoms with Crippen molar-refractivity contribution in [1.82, 2.24) is 18.8 Å². The van der Waals surface area contributed by atoms with Crippen molar-refractivity contribution in [1.29, 1.82) is 0 Å². The highest BCUT2D eigenvalue weighted by Crippen LogP contribution is 2.30. The van der Waals surface area contributed by atoms with Gasteiger partial charge in [-0.3, -0.25) is 18.7 Å². The second kappa shape index (κ2) is 11.0. The van der Waals surface area contributed by atoms with E-state index in [0.29, 0.717) is 0 Å². The summed E-state index contributed by atoms with van der Waals surface area (Å²) in [5.74, 6) is -1.37. The highest BCUT2D eigenvalue weighted by Gasteiger charge is 2.38. The van der Waals surface area contributed by atoms with E-state index >= 15 is 0 Å². The molecule has 0 saturated heterocycles. The van der Waals surface area contributed by atoms with Crippen LogP contribution in [-0.4, -0.2) is 40.4 Å². The number of alkyl halides is 3. The van der Waals surface area contributed by atoms with Gasteiger partial charge in [-0.05, 0) is 56.3 Å². The largest absolute Gasteiger partial charge is 0.443 e. The maximum atomic E-state index is 13.6. The molecule has 0 fully saturated rings. The van der Waals surface area contributed by atoms with Crippen molar-refractivity contribution in [2.24, 2.45) is 0 Å². The van der Waals surface area contributed by atoms with Gasteiger partial charge in [0.15, 0.2) is 0 Å². The van der Waals surface area contributed by atoms with Gasteiger partial charge in [0.25, 0.3) is 15.6 Å². The van der Waals surface area contributed by atoms with Crippen molar-refractivity contribution in [3.05, 3.63) is 105 Å². The molecule has 43 heavy (non-hydrogen) atoms. The molecule has 1 atom stereocenters. The van der Waals surface area contributed by atoms with E-state index in [9.17, 15) is 40.4 Å². The van der Waals surface area contributed by atoms with Gasteiger partial charge in [-0.2, -0.15) is 17.5 Å². The van der Waals surface area contributed by atoms with E-state index in [-0.39, 0.29) is 28.8 Å². The summed E-state index contributed by atoms with van der Waals surface area (Å²) in [5, 5.41) is 2.24. The third-order valence-corrected chi connectivity index (χ3v) is 8.54. The van der Waals surface area contributed by atoms with Gasteiger partial charge in [-0.25, -0.2) is 17.6 Å². The summed E-state index contributed by atoms with van der Waals surface area (Å²) < 4.78 is 87.5. The zero-order valence-corrected chi connectivity index (χ0v) is 23.4. The highest BCUT2D eigenvalue weighted by atomic mass is 32.2. The number of carbonyl (C=O) groups is 1. The molecule has 0 radical (unpaired) electrons. The van der Waals surface area contributed by atoms with Gasteiger partial charge >= 0.3 is 11.9 Å². The number of nitrogens with one attached hydrogen (secondary N) is 1. The predicted octanol–water partition coefficient (Wildman–Crippen LogP) is 3.73. The van der Waals surface area contributed by atoms with E-state index in [4.69, 9.17) is 4.42 Å². The lowest BCUT2D eigenvalue weighted by Gasteiger charge is -2.22. The summed E-state index contributed by atoms with van der Waals surface area (Å²) in [6, 6.07) is 6.48. The third kappa shape index (κ3) is 5.64. The Labute approximate surface area is 241 Å². The lowest BCUT2D eigenvalue weighted by molar-refractivity contribution is -0.137. The van der Waals surface area contributed by atoms with Crippen molar-refractivity contribution in [3.8, 4) is 5.69 Å². The number of fused-ring (bicyclic) bond motifs is 1. The highest BCUT2D eigenvalue weighted by molar-refractivity contribution is 7.89. The summed E-state index contributed by atoms with van der Waals surface area (Å²) in [6.07, 6.45) is -0.654. The molecule has 1 aliphatic heterocycles. The molecule has 3 heterocycles. The van der Waals surface area contributed by atoms with Crippen molar-refractivity contribution in [2.75, 3.05) is 6.54 Å². The number of amides is 1. The first-order chi connectivity index (χ1) is 20.2. The zero-order chi connectivity index (χ0) is 31.3. The van der Waals surface area contributed by atoms with E-state index in [1.54, 1.807) is 13.8 Å². The van der Waals surface area contributed by atoms with Crippen LogP contribution in [0.1, 0.15) is 31.0 Å². The van der Waals surface area contributed by atoms with Gasteiger partial charge in [0.05, 0.1) is 16.8 Å². The Morgan fingerprint density at radius 1 is 1.09 bits per heavy atom. The van der Waals surface area contributed by atoms with Gasteiger partial charge in [-0.1, -0.05) is 12.2 Å². The molecule has 2 aromatic carbocycles. The molecule has 5 rings (SSSR count). The second-order valence-corrected chi connectivity index (χ2v) is 11.9. The number of benzene rings is 2. The van der Waals surface area contributed by atoms with E-state index in [1.165, 1.54) is 18.2 Å². The van der Waals surface area contributed by atoms with E-state index < -0.39 is 68.5 Å². The number of furan rings is 1. The standard InChI is InChI=1S/C28H24F4N4O6S/c1-16(2)36-26(38)18(15-34(27(36)39)21-8-5-19(6-9-21)28(30,31)32)14-33-25(37)22-4-3-11-35(22)43(40,41)24-13-17-12-20(29)7-10-23(17)42-24/h3-10,12-13,15-16,22H,11,14H2,1-2H3,(H,33,37)/t22-/m0/s1. The number of carbonyl (C=O) groups excluding carboxylic acids is 1. The van der Waals surface area contributed by atoms with E-state index in [2.05, 4.69) is 5.32 Å². The molecule has 0 spiro atoms. The SMILES string of the molecule is CC(C)n1c(=O)c(CNC(=O)[C@@H]2C=CCN2S(=O)(=O)c2cc3cc(F)ccc3o2)cn(-c2ccc(C(F)(F)F)cc2)c1=O. The van der Waals surface area contributed by atoms with Gasteiger partial charge < -0.3 is 9.73 Å². The van der Waals surface area contributed by atoms with E-state index in [1.807, 2.05) is 0 Å². The van der Waals surface area contributed by atoms with Crippen molar-refractivity contribution < 1.29 is 35.2 Å². The van der Waals surface area contributed by atoms with Crippen LogP contribution in [0.4, 0.5) is 17.6 Å². The molecule has 1 amide bonds. The van der Waals surface area contributed by atoms with Gasteiger partial charge in [0, 0.05) is 36.8 Å². The number of hydrogen-bond acceptors (Lipinski definition) is 6. The van der Waals surface area contributed by atoms with Crippen LogP contribution in [-0.2, 0) is 27.5 Å². The second-order valence-electron chi connectivity index (χ2n) is 10.0.